The number of fused-ring (bicyclic) bond motifs is 1. The highest BCUT2D eigenvalue weighted by atomic mass is 16.6. The maximum atomic E-state index is 12.3. The van der Waals surface area contributed by atoms with Crippen molar-refractivity contribution >= 4 is 12.0 Å². The summed E-state index contributed by atoms with van der Waals surface area (Å²) < 4.78 is 16.0. The van der Waals surface area contributed by atoms with Gasteiger partial charge in [0.05, 0.1) is 5.57 Å². The summed E-state index contributed by atoms with van der Waals surface area (Å²) in [5.74, 6) is 1.01. The van der Waals surface area contributed by atoms with Crippen molar-refractivity contribution in [2.45, 2.75) is 20.0 Å². The van der Waals surface area contributed by atoms with Crippen LogP contribution in [0.3, 0.4) is 0 Å². The molecule has 1 aromatic heterocycles. The molecule has 0 aliphatic carbocycles. The third-order valence-corrected chi connectivity index (χ3v) is 4.31. The molecule has 0 atom stereocenters. The highest BCUT2D eigenvalue weighted by molar-refractivity contribution is 5.95. The second-order valence-corrected chi connectivity index (χ2v) is 6.13. The SMILES string of the molecule is CCc1ccc(-c2noc(COC(=O)C3=Cc4ccccc4OC3)n2)cc1. The van der Waals surface area contributed by atoms with Crippen molar-refractivity contribution in [1.29, 1.82) is 0 Å². The molecule has 4 rings (SSSR count). The van der Waals surface area contributed by atoms with Crippen LogP contribution in [0.15, 0.2) is 58.6 Å². The summed E-state index contributed by atoms with van der Waals surface area (Å²) in [5.41, 5.74) is 3.39. The Morgan fingerprint density at radius 1 is 1.15 bits per heavy atom. The number of aromatic nitrogens is 2. The third-order valence-electron chi connectivity index (χ3n) is 4.31. The fraction of sp³-hybridized carbons (Fsp3) is 0.190. The second-order valence-electron chi connectivity index (χ2n) is 6.13. The van der Waals surface area contributed by atoms with Crippen LogP contribution in [-0.4, -0.2) is 22.7 Å². The van der Waals surface area contributed by atoms with Gasteiger partial charge in [-0.25, -0.2) is 4.79 Å². The lowest BCUT2D eigenvalue weighted by molar-refractivity contribution is -0.141. The minimum atomic E-state index is -0.462. The lowest BCUT2D eigenvalue weighted by Crippen LogP contribution is -2.17. The van der Waals surface area contributed by atoms with Crippen LogP contribution in [0.25, 0.3) is 17.5 Å². The van der Waals surface area contributed by atoms with Crippen LogP contribution in [0.5, 0.6) is 5.75 Å². The Bertz CT molecular complexity index is 989. The number of aryl methyl sites for hydroxylation is 1. The Hall–Kier alpha value is -3.41. The van der Waals surface area contributed by atoms with E-state index in [1.807, 2.05) is 48.5 Å². The van der Waals surface area contributed by atoms with Crippen molar-refractivity contribution in [3.63, 3.8) is 0 Å². The van der Waals surface area contributed by atoms with Gasteiger partial charge >= 0.3 is 5.97 Å². The quantitative estimate of drug-likeness (QED) is 0.643. The van der Waals surface area contributed by atoms with E-state index in [1.165, 1.54) is 5.56 Å². The average molecular weight is 362 g/mol. The minimum absolute atomic E-state index is 0.0855. The zero-order valence-corrected chi connectivity index (χ0v) is 14.8. The van der Waals surface area contributed by atoms with Gasteiger partial charge in [0.25, 0.3) is 5.89 Å². The average Bonchev–Trinajstić information content (AvgIpc) is 3.21. The molecule has 0 radical (unpaired) electrons. The molecule has 2 aromatic carbocycles. The molecule has 0 spiro atoms. The van der Waals surface area contributed by atoms with Crippen LogP contribution in [-0.2, 0) is 22.6 Å². The van der Waals surface area contributed by atoms with Crippen LogP contribution in [0.1, 0.15) is 23.9 Å². The van der Waals surface area contributed by atoms with Gasteiger partial charge in [-0.2, -0.15) is 4.98 Å². The van der Waals surface area contributed by atoms with Gasteiger partial charge in [-0.15, -0.1) is 0 Å². The number of carbonyl (C=O) groups is 1. The Morgan fingerprint density at radius 2 is 1.96 bits per heavy atom. The first-order valence-corrected chi connectivity index (χ1v) is 8.74. The highest BCUT2D eigenvalue weighted by Gasteiger charge is 2.19. The Labute approximate surface area is 156 Å². The molecular formula is C21H18N2O4. The predicted octanol–water partition coefficient (Wildman–Crippen LogP) is 3.82. The molecule has 0 amide bonds. The van der Waals surface area contributed by atoms with E-state index in [0.29, 0.717) is 11.4 Å². The molecular weight excluding hydrogens is 344 g/mol. The van der Waals surface area contributed by atoms with Gasteiger partial charge in [-0.1, -0.05) is 54.5 Å². The first-order valence-electron chi connectivity index (χ1n) is 8.74. The van der Waals surface area contributed by atoms with Gasteiger partial charge in [0.1, 0.15) is 12.4 Å². The molecule has 2 heterocycles. The molecule has 0 bridgehead atoms. The molecule has 6 nitrogen and oxygen atoms in total. The summed E-state index contributed by atoms with van der Waals surface area (Å²) >= 11 is 0. The van der Waals surface area contributed by atoms with Crippen LogP contribution < -0.4 is 4.74 Å². The summed E-state index contributed by atoms with van der Waals surface area (Å²) in [5, 5.41) is 3.95. The highest BCUT2D eigenvalue weighted by Crippen LogP contribution is 2.26. The zero-order chi connectivity index (χ0) is 18.6. The van der Waals surface area contributed by atoms with Crippen molar-refractivity contribution in [3.05, 3.63) is 71.1 Å². The van der Waals surface area contributed by atoms with Crippen molar-refractivity contribution in [2.75, 3.05) is 6.61 Å². The Kier molecular flexibility index (Phi) is 4.70. The lowest BCUT2D eigenvalue weighted by atomic mass is 10.1. The molecule has 6 heteroatoms. The molecule has 0 N–H and O–H groups in total. The van der Waals surface area contributed by atoms with Crippen molar-refractivity contribution < 1.29 is 18.8 Å². The monoisotopic (exact) mass is 362 g/mol. The summed E-state index contributed by atoms with van der Waals surface area (Å²) in [6.07, 6.45) is 2.74. The van der Waals surface area contributed by atoms with Crippen molar-refractivity contribution in [2.24, 2.45) is 0 Å². The maximum Gasteiger partial charge on any atom is 0.338 e. The van der Waals surface area contributed by atoms with Gasteiger partial charge in [0, 0.05) is 11.1 Å². The van der Waals surface area contributed by atoms with E-state index in [-0.39, 0.29) is 19.1 Å². The van der Waals surface area contributed by atoms with Gasteiger partial charge in [0.2, 0.25) is 5.82 Å². The van der Waals surface area contributed by atoms with E-state index in [2.05, 4.69) is 17.1 Å². The van der Waals surface area contributed by atoms with Crippen molar-refractivity contribution in [1.82, 2.24) is 10.1 Å². The Morgan fingerprint density at radius 3 is 2.78 bits per heavy atom. The maximum absolute atomic E-state index is 12.3. The van der Waals surface area contributed by atoms with E-state index in [4.69, 9.17) is 14.0 Å². The molecule has 0 fully saturated rings. The van der Waals surface area contributed by atoms with Crippen LogP contribution in [0, 0.1) is 0 Å². The van der Waals surface area contributed by atoms with Crippen LogP contribution in [0.4, 0.5) is 0 Å². The van der Waals surface area contributed by atoms with Gasteiger partial charge in [-0.3, -0.25) is 0 Å². The molecule has 1 aliphatic rings. The first kappa shape index (κ1) is 17.0. The summed E-state index contributed by atoms with van der Waals surface area (Å²) in [6, 6.07) is 15.5. The predicted molar refractivity (Wildman–Crippen MR) is 98.8 cm³/mol. The van der Waals surface area contributed by atoms with Crippen molar-refractivity contribution in [3.8, 4) is 17.1 Å². The molecule has 1 aliphatic heterocycles. The number of rotatable bonds is 5. The summed E-state index contributed by atoms with van der Waals surface area (Å²) in [4.78, 5) is 16.6. The van der Waals surface area contributed by atoms with E-state index < -0.39 is 5.97 Å². The number of esters is 1. The van der Waals surface area contributed by atoms with E-state index in [1.54, 1.807) is 6.08 Å². The second kappa shape index (κ2) is 7.45. The van der Waals surface area contributed by atoms with Crippen LogP contribution >= 0.6 is 0 Å². The molecule has 0 saturated heterocycles. The fourth-order valence-electron chi connectivity index (χ4n) is 2.77. The molecule has 27 heavy (non-hydrogen) atoms. The number of hydrogen-bond acceptors (Lipinski definition) is 6. The molecule has 136 valence electrons. The number of para-hydroxylation sites is 1. The van der Waals surface area contributed by atoms with E-state index in [9.17, 15) is 4.79 Å². The summed E-state index contributed by atoms with van der Waals surface area (Å²) in [7, 11) is 0. The lowest BCUT2D eigenvalue weighted by Gasteiger charge is -2.16. The molecule has 0 unspecified atom stereocenters. The minimum Gasteiger partial charge on any atom is -0.488 e. The first-order chi connectivity index (χ1) is 13.2. The molecule has 3 aromatic rings. The van der Waals surface area contributed by atoms with E-state index >= 15 is 0 Å². The van der Waals surface area contributed by atoms with Gasteiger partial charge in [-0.05, 0) is 24.1 Å². The third kappa shape index (κ3) is 3.74. The topological polar surface area (TPSA) is 74.5 Å². The largest absolute Gasteiger partial charge is 0.488 e. The number of nitrogens with zero attached hydrogens (tertiary/aromatic N) is 2. The number of ether oxygens (including phenoxy) is 2. The van der Waals surface area contributed by atoms with Gasteiger partial charge in [0.15, 0.2) is 6.61 Å². The number of hydrogen-bond donors (Lipinski definition) is 0. The van der Waals surface area contributed by atoms with E-state index in [0.717, 1.165) is 23.3 Å². The number of benzene rings is 2. The standard InChI is InChI=1S/C21H18N2O4/c1-2-14-7-9-15(10-8-14)20-22-19(27-23-20)13-26-21(24)17-11-16-5-3-4-6-18(16)25-12-17/h3-11H,2,12-13H2,1H3. The fourth-order valence-corrected chi connectivity index (χ4v) is 2.77. The smallest absolute Gasteiger partial charge is 0.338 e. The summed E-state index contributed by atoms with van der Waals surface area (Å²) in [6.45, 7) is 2.19. The molecule has 0 saturated carbocycles. The van der Waals surface area contributed by atoms with Gasteiger partial charge < -0.3 is 14.0 Å². The normalized spacial score (nSPS) is 12.7. The number of carbonyl (C=O) groups excluding carboxylic acids is 1. The zero-order valence-electron chi connectivity index (χ0n) is 14.8. The van der Waals surface area contributed by atoms with Crippen LogP contribution in [0.2, 0.25) is 0 Å². The Balaban J connectivity index is 1.40.